The second kappa shape index (κ2) is 7.19. The minimum atomic E-state index is -1.08. The average molecular weight is 370 g/mol. The molecule has 1 aliphatic rings. The number of benzene rings is 2. The summed E-state index contributed by atoms with van der Waals surface area (Å²) in [5.74, 6) is -2.45. The molecule has 0 saturated carbocycles. The lowest BCUT2D eigenvalue weighted by Crippen LogP contribution is -2.36. The van der Waals surface area contributed by atoms with Gasteiger partial charge in [0.25, 0.3) is 5.91 Å². The van der Waals surface area contributed by atoms with Crippen LogP contribution in [0.5, 0.6) is 5.75 Å². The molecule has 1 aromatic heterocycles. The minimum absolute atomic E-state index is 0.111. The van der Waals surface area contributed by atoms with Gasteiger partial charge in [0.15, 0.2) is 23.9 Å². The molecule has 0 atom stereocenters. The Labute approximate surface area is 154 Å². The van der Waals surface area contributed by atoms with Crippen molar-refractivity contribution in [3.8, 4) is 5.75 Å². The third kappa shape index (κ3) is 3.53. The third-order valence-corrected chi connectivity index (χ3v) is 4.46. The van der Waals surface area contributed by atoms with Gasteiger partial charge in [0.1, 0.15) is 6.26 Å². The Balaban J connectivity index is 1.42. The SMILES string of the molecule is O=C(c1coc(COc2cccc(F)c2F)n1)N1CCc2ccccc2C1. The summed E-state index contributed by atoms with van der Waals surface area (Å²) in [5, 5.41) is 0. The van der Waals surface area contributed by atoms with Crippen LogP contribution >= 0.6 is 0 Å². The van der Waals surface area contributed by atoms with Crippen molar-refractivity contribution >= 4 is 5.91 Å². The highest BCUT2D eigenvalue weighted by Gasteiger charge is 2.24. The number of carbonyl (C=O) groups excluding carboxylic acids is 1. The molecule has 1 amide bonds. The van der Waals surface area contributed by atoms with Crippen LogP contribution in [0.15, 0.2) is 53.1 Å². The molecule has 27 heavy (non-hydrogen) atoms. The summed E-state index contributed by atoms with van der Waals surface area (Å²) in [6.07, 6.45) is 2.04. The standard InChI is InChI=1S/C20H16F2N2O3/c21-15-6-3-7-17(19(15)22)26-12-18-23-16(11-27-18)20(25)24-9-8-13-4-1-2-5-14(13)10-24/h1-7,11H,8-10,12H2. The number of fused-ring (bicyclic) bond motifs is 1. The quantitative estimate of drug-likeness (QED) is 0.702. The Bertz CT molecular complexity index is 987. The zero-order valence-corrected chi connectivity index (χ0v) is 14.3. The van der Waals surface area contributed by atoms with E-state index >= 15 is 0 Å². The largest absolute Gasteiger partial charge is 0.481 e. The number of amides is 1. The van der Waals surface area contributed by atoms with E-state index < -0.39 is 11.6 Å². The van der Waals surface area contributed by atoms with Crippen LogP contribution in [0.2, 0.25) is 0 Å². The predicted molar refractivity (Wildman–Crippen MR) is 92.1 cm³/mol. The van der Waals surface area contributed by atoms with Gasteiger partial charge in [-0.2, -0.15) is 4.39 Å². The van der Waals surface area contributed by atoms with Gasteiger partial charge >= 0.3 is 0 Å². The van der Waals surface area contributed by atoms with E-state index in [4.69, 9.17) is 9.15 Å². The summed E-state index contributed by atoms with van der Waals surface area (Å²) in [6, 6.07) is 11.6. The number of hydrogen-bond acceptors (Lipinski definition) is 4. The van der Waals surface area contributed by atoms with Crippen molar-refractivity contribution < 1.29 is 22.7 Å². The van der Waals surface area contributed by atoms with Crippen molar-refractivity contribution in [3.05, 3.63) is 83.1 Å². The summed E-state index contributed by atoms with van der Waals surface area (Å²) < 4.78 is 37.2. The highest BCUT2D eigenvalue weighted by molar-refractivity contribution is 5.92. The molecule has 2 heterocycles. The van der Waals surface area contributed by atoms with Gasteiger partial charge in [0, 0.05) is 13.1 Å². The maximum Gasteiger partial charge on any atom is 0.276 e. The van der Waals surface area contributed by atoms with Crippen molar-refractivity contribution in [2.24, 2.45) is 0 Å². The Kier molecular flexibility index (Phi) is 4.58. The molecule has 7 heteroatoms. The lowest BCUT2D eigenvalue weighted by atomic mass is 10.00. The summed E-state index contributed by atoms with van der Waals surface area (Å²) in [5.41, 5.74) is 2.52. The van der Waals surface area contributed by atoms with E-state index in [9.17, 15) is 13.6 Å². The normalized spacial score (nSPS) is 13.3. The number of carbonyl (C=O) groups is 1. The predicted octanol–water partition coefficient (Wildman–Crippen LogP) is 3.73. The van der Waals surface area contributed by atoms with E-state index in [0.29, 0.717) is 13.1 Å². The summed E-state index contributed by atoms with van der Waals surface area (Å²) in [6.45, 7) is 0.904. The van der Waals surface area contributed by atoms with Gasteiger partial charge in [-0.1, -0.05) is 30.3 Å². The van der Waals surface area contributed by atoms with Crippen LogP contribution in [0.3, 0.4) is 0 Å². The first-order valence-corrected chi connectivity index (χ1v) is 8.49. The van der Waals surface area contributed by atoms with Gasteiger partial charge in [0.2, 0.25) is 11.7 Å². The molecule has 3 aromatic rings. The fourth-order valence-corrected chi connectivity index (χ4v) is 3.04. The molecular formula is C20H16F2N2O3. The van der Waals surface area contributed by atoms with Crippen LogP contribution in [0.4, 0.5) is 8.78 Å². The maximum atomic E-state index is 13.6. The van der Waals surface area contributed by atoms with E-state index in [-0.39, 0.29) is 29.8 Å². The van der Waals surface area contributed by atoms with Crippen molar-refractivity contribution in [2.75, 3.05) is 6.54 Å². The van der Waals surface area contributed by atoms with Crippen molar-refractivity contribution in [1.29, 1.82) is 0 Å². The molecule has 2 aromatic carbocycles. The zero-order valence-electron chi connectivity index (χ0n) is 14.3. The molecule has 0 radical (unpaired) electrons. The maximum absolute atomic E-state index is 13.6. The molecule has 138 valence electrons. The first-order chi connectivity index (χ1) is 13.1. The molecule has 0 fully saturated rings. The van der Waals surface area contributed by atoms with Crippen LogP contribution < -0.4 is 4.74 Å². The summed E-state index contributed by atoms with van der Waals surface area (Å²) in [4.78, 5) is 18.5. The van der Waals surface area contributed by atoms with Gasteiger partial charge < -0.3 is 14.1 Å². The number of halogens is 2. The highest BCUT2D eigenvalue weighted by atomic mass is 19.2. The molecule has 4 rings (SSSR count). The zero-order chi connectivity index (χ0) is 18.8. The molecule has 0 aliphatic carbocycles. The molecule has 0 unspecified atom stereocenters. The first kappa shape index (κ1) is 17.2. The van der Waals surface area contributed by atoms with Crippen molar-refractivity contribution in [3.63, 3.8) is 0 Å². The third-order valence-electron chi connectivity index (χ3n) is 4.46. The van der Waals surface area contributed by atoms with Crippen LogP contribution in [-0.4, -0.2) is 22.3 Å². The fourth-order valence-electron chi connectivity index (χ4n) is 3.04. The molecule has 5 nitrogen and oxygen atoms in total. The number of nitrogens with zero attached hydrogens (tertiary/aromatic N) is 2. The molecule has 0 saturated heterocycles. The lowest BCUT2D eigenvalue weighted by Gasteiger charge is -2.28. The van der Waals surface area contributed by atoms with Crippen LogP contribution in [0.25, 0.3) is 0 Å². The number of aromatic nitrogens is 1. The van der Waals surface area contributed by atoms with Gasteiger partial charge in [-0.15, -0.1) is 0 Å². The monoisotopic (exact) mass is 370 g/mol. The van der Waals surface area contributed by atoms with E-state index in [1.165, 1.54) is 24.0 Å². The molecule has 0 spiro atoms. The topological polar surface area (TPSA) is 55.6 Å². The number of ether oxygens (including phenoxy) is 1. The second-order valence-corrected chi connectivity index (χ2v) is 6.21. The fraction of sp³-hybridized carbons (Fsp3) is 0.200. The Morgan fingerprint density at radius 3 is 2.81 bits per heavy atom. The molecule has 0 N–H and O–H groups in total. The van der Waals surface area contributed by atoms with E-state index in [1.54, 1.807) is 4.90 Å². The number of oxazole rings is 1. The van der Waals surface area contributed by atoms with Crippen molar-refractivity contribution in [1.82, 2.24) is 9.88 Å². The number of rotatable bonds is 4. The summed E-state index contributed by atoms with van der Waals surface area (Å²) in [7, 11) is 0. The van der Waals surface area contributed by atoms with Gasteiger partial charge in [-0.05, 0) is 29.7 Å². The molecular weight excluding hydrogens is 354 g/mol. The smallest absolute Gasteiger partial charge is 0.276 e. The van der Waals surface area contributed by atoms with Gasteiger partial charge in [-0.3, -0.25) is 4.79 Å². The van der Waals surface area contributed by atoms with E-state index in [2.05, 4.69) is 11.1 Å². The summed E-state index contributed by atoms with van der Waals surface area (Å²) >= 11 is 0. The number of hydrogen-bond donors (Lipinski definition) is 0. The Morgan fingerprint density at radius 1 is 1.15 bits per heavy atom. The lowest BCUT2D eigenvalue weighted by molar-refractivity contribution is 0.0728. The molecule has 1 aliphatic heterocycles. The Hall–Kier alpha value is -3.22. The molecule has 0 bridgehead atoms. The second-order valence-electron chi connectivity index (χ2n) is 6.21. The van der Waals surface area contributed by atoms with Crippen LogP contribution in [0.1, 0.15) is 27.5 Å². The van der Waals surface area contributed by atoms with Gasteiger partial charge in [-0.25, -0.2) is 9.37 Å². The van der Waals surface area contributed by atoms with Crippen molar-refractivity contribution in [2.45, 2.75) is 19.6 Å². The van der Waals surface area contributed by atoms with E-state index in [1.807, 2.05) is 18.2 Å². The van der Waals surface area contributed by atoms with Crippen LogP contribution in [0, 0.1) is 11.6 Å². The average Bonchev–Trinajstić information content (AvgIpc) is 3.17. The minimum Gasteiger partial charge on any atom is -0.481 e. The first-order valence-electron chi connectivity index (χ1n) is 8.49. The van der Waals surface area contributed by atoms with E-state index in [0.717, 1.165) is 18.1 Å². The van der Waals surface area contributed by atoms with Gasteiger partial charge in [0.05, 0.1) is 0 Å². The Morgan fingerprint density at radius 2 is 1.96 bits per heavy atom. The van der Waals surface area contributed by atoms with Crippen LogP contribution in [-0.2, 0) is 19.6 Å². The highest BCUT2D eigenvalue weighted by Crippen LogP contribution is 2.22.